The third-order valence-electron chi connectivity index (χ3n) is 3.18. The van der Waals surface area contributed by atoms with Gasteiger partial charge in [-0.3, -0.25) is 0 Å². The normalized spacial score (nSPS) is 11.7. The van der Waals surface area contributed by atoms with E-state index < -0.39 is 0 Å². The van der Waals surface area contributed by atoms with Crippen molar-refractivity contribution in [3.05, 3.63) is 22.3 Å². The number of rotatable bonds is 7. The van der Waals surface area contributed by atoms with Crippen molar-refractivity contribution in [2.75, 3.05) is 18.0 Å². The molecule has 0 unspecified atom stereocenters. The van der Waals surface area contributed by atoms with Gasteiger partial charge in [0.15, 0.2) is 0 Å². The first-order valence-electron chi connectivity index (χ1n) is 7.51. The van der Waals surface area contributed by atoms with Gasteiger partial charge in [-0.15, -0.1) is 0 Å². The summed E-state index contributed by atoms with van der Waals surface area (Å²) in [6.45, 7) is 13.9. The highest BCUT2D eigenvalue weighted by molar-refractivity contribution is 9.10. The molecule has 0 spiro atoms. The van der Waals surface area contributed by atoms with E-state index in [1.165, 1.54) is 18.4 Å². The van der Waals surface area contributed by atoms with E-state index in [9.17, 15) is 0 Å². The average Bonchev–Trinajstić information content (AvgIpc) is 2.38. The lowest BCUT2D eigenvalue weighted by Gasteiger charge is -2.26. The Morgan fingerprint density at radius 1 is 1.30 bits per heavy atom. The van der Waals surface area contributed by atoms with E-state index in [-0.39, 0.29) is 5.54 Å². The van der Waals surface area contributed by atoms with E-state index in [1.807, 2.05) is 6.20 Å². The van der Waals surface area contributed by atoms with Crippen LogP contribution in [-0.2, 0) is 6.54 Å². The van der Waals surface area contributed by atoms with Crippen LogP contribution in [0.15, 0.2) is 16.7 Å². The minimum absolute atomic E-state index is 0.111. The summed E-state index contributed by atoms with van der Waals surface area (Å²) in [5, 5.41) is 3.55. The summed E-state index contributed by atoms with van der Waals surface area (Å²) in [4.78, 5) is 7.01. The van der Waals surface area contributed by atoms with Crippen LogP contribution in [0.25, 0.3) is 0 Å². The lowest BCUT2D eigenvalue weighted by Crippen LogP contribution is -2.36. The van der Waals surface area contributed by atoms with Crippen molar-refractivity contribution in [3.63, 3.8) is 0 Å². The smallest absolute Gasteiger partial charge is 0.133 e. The van der Waals surface area contributed by atoms with Gasteiger partial charge in [0, 0.05) is 41.4 Å². The zero-order valence-corrected chi connectivity index (χ0v) is 15.0. The standard InChI is InChI=1S/C16H28BrN3/c1-6-8-9-20(7-2)15-13(10-14(17)12-18-15)11-19-16(3,4)5/h10,12,19H,6-9,11H2,1-5H3. The van der Waals surface area contributed by atoms with Crippen LogP contribution in [-0.4, -0.2) is 23.6 Å². The summed E-state index contributed by atoms with van der Waals surface area (Å²) >= 11 is 3.53. The predicted octanol–water partition coefficient (Wildman–Crippen LogP) is 4.36. The molecule has 1 heterocycles. The summed E-state index contributed by atoms with van der Waals surface area (Å²) in [6.07, 6.45) is 4.31. The quantitative estimate of drug-likeness (QED) is 0.798. The molecular formula is C16H28BrN3. The molecule has 1 rings (SSSR count). The molecule has 0 aliphatic heterocycles. The number of halogens is 1. The SMILES string of the molecule is CCCCN(CC)c1ncc(Br)cc1CNC(C)(C)C. The van der Waals surface area contributed by atoms with Gasteiger partial charge in [0.05, 0.1) is 0 Å². The number of pyridine rings is 1. The van der Waals surface area contributed by atoms with Crippen LogP contribution in [0.2, 0.25) is 0 Å². The van der Waals surface area contributed by atoms with Gasteiger partial charge in [-0.2, -0.15) is 0 Å². The number of unbranched alkanes of at least 4 members (excludes halogenated alkanes) is 1. The Bertz CT molecular complexity index is 413. The molecule has 0 saturated heterocycles. The highest BCUT2D eigenvalue weighted by Gasteiger charge is 2.14. The zero-order valence-electron chi connectivity index (χ0n) is 13.5. The fourth-order valence-corrected chi connectivity index (χ4v) is 2.39. The zero-order chi connectivity index (χ0) is 15.2. The Morgan fingerprint density at radius 2 is 2.00 bits per heavy atom. The lowest BCUT2D eigenvalue weighted by atomic mass is 10.1. The van der Waals surface area contributed by atoms with Crippen molar-refractivity contribution in [1.82, 2.24) is 10.3 Å². The molecule has 0 amide bonds. The van der Waals surface area contributed by atoms with Crippen molar-refractivity contribution < 1.29 is 0 Å². The molecule has 114 valence electrons. The summed E-state index contributed by atoms with van der Waals surface area (Å²) < 4.78 is 1.04. The second kappa shape index (κ2) is 7.99. The molecule has 0 aliphatic rings. The van der Waals surface area contributed by atoms with Crippen LogP contribution >= 0.6 is 15.9 Å². The summed E-state index contributed by atoms with van der Waals surface area (Å²) in [5.74, 6) is 1.11. The third-order valence-corrected chi connectivity index (χ3v) is 3.62. The predicted molar refractivity (Wildman–Crippen MR) is 91.3 cm³/mol. The minimum atomic E-state index is 0.111. The second-order valence-electron chi connectivity index (χ2n) is 6.17. The van der Waals surface area contributed by atoms with Crippen LogP contribution in [0.3, 0.4) is 0 Å². The third kappa shape index (κ3) is 5.80. The number of hydrogen-bond acceptors (Lipinski definition) is 3. The molecule has 20 heavy (non-hydrogen) atoms. The van der Waals surface area contributed by atoms with E-state index in [0.29, 0.717) is 0 Å². The van der Waals surface area contributed by atoms with Gasteiger partial charge in [-0.25, -0.2) is 4.98 Å². The monoisotopic (exact) mass is 341 g/mol. The lowest BCUT2D eigenvalue weighted by molar-refractivity contribution is 0.424. The molecule has 3 nitrogen and oxygen atoms in total. The highest BCUT2D eigenvalue weighted by Crippen LogP contribution is 2.22. The number of hydrogen-bond donors (Lipinski definition) is 1. The van der Waals surface area contributed by atoms with Crippen molar-refractivity contribution in [1.29, 1.82) is 0 Å². The number of nitrogens with one attached hydrogen (secondary N) is 1. The first-order chi connectivity index (χ1) is 9.37. The molecule has 0 aliphatic carbocycles. The molecule has 0 atom stereocenters. The number of anilines is 1. The summed E-state index contributed by atoms with van der Waals surface area (Å²) in [5.41, 5.74) is 1.37. The Labute approximate surface area is 132 Å². The fraction of sp³-hybridized carbons (Fsp3) is 0.688. The van der Waals surface area contributed by atoms with E-state index in [0.717, 1.165) is 29.9 Å². The maximum absolute atomic E-state index is 4.64. The van der Waals surface area contributed by atoms with Gasteiger partial charge in [0.1, 0.15) is 5.82 Å². The number of aromatic nitrogens is 1. The topological polar surface area (TPSA) is 28.2 Å². The number of nitrogens with zero attached hydrogens (tertiary/aromatic N) is 2. The molecule has 0 bridgehead atoms. The van der Waals surface area contributed by atoms with Crippen LogP contribution in [0, 0.1) is 0 Å². The van der Waals surface area contributed by atoms with Gasteiger partial charge in [0.25, 0.3) is 0 Å². The van der Waals surface area contributed by atoms with Crippen molar-refractivity contribution in [2.24, 2.45) is 0 Å². The van der Waals surface area contributed by atoms with Crippen molar-refractivity contribution in [3.8, 4) is 0 Å². The van der Waals surface area contributed by atoms with E-state index in [2.05, 4.69) is 71.8 Å². The van der Waals surface area contributed by atoms with Crippen molar-refractivity contribution in [2.45, 2.75) is 59.5 Å². The molecule has 4 heteroatoms. The minimum Gasteiger partial charge on any atom is -0.357 e. The molecule has 0 saturated carbocycles. The Kier molecular flexibility index (Phi) is 6.96. The molecule has 0 fully saturated rings. The molecule has 0 aromatic carbocycles. The van der Waals surface area contributed by atoms with Crippen LogP contribution in [0.5, 0.6) is 0 Å². The Morgan fingerprint density at radius 3 is 2.55 bits per heavy atom. The Hall–Kier alpha value is -0.610. The second-order valence-corrected chi connectivity index (χ2v) is 7.09. The van der Waals surface area contributed by atoms with Gasteiger partial charge in [-0.05, 0) is 56.1 Å². The molecular weight excluding hydrogens is 314 g/mol. The first kappa shape index (κ1) is 17.4. The molecule has 1 N–H and O–H groups in total. The van der Waals surface area contributed by atoms with Gasteiger partial charge >= 0.3 is 0 Å². The van der Waals surface area contributed by atoms with Crippen LogP contribution < -0.4 is 10.2 Å². The van der Waals surface area contributed by atoms with Crippen LogP contribution in [0.1, 0.15) is 53.0 Å². The molecule has 1 aromatic heterocycles. The van der Waals surface area contributed by atoms with Gasteiger partial charge in [-0.1, -0.05) is 13.3 Å². The maximum atomic E-state index is 4.64. The fourth-order valence-electron chi connectivity index (χ4n) is 2.01. The van der Waals surface area contributed by atoms with Gasteiger partial charge < -0.3 is 10.2 Å². The highest BCUT2D eigenvalue weighted by atomic mass is 79.9. The Balaban J connectivity index is 2.93. The molecule has 0 radical (unpaired) electrons. The average molecular weight is 342 g/mol. The molecule has 1 aromatic rings. The van der Waals surface area contributed by atoms with Gasteiger partial charge in [0.2, 0.25) is 0 Å². The maximum Gasteiger partial charge on any atom is 0.133 e. The van der Waals surface area contributed by atoms with E-state index in [4.69, 9.17) is 0 Å². The summed E-state index contributed by atoms with van der Waals surface area (Å²) in [6, 6.07) is 2.18. The first-order valence-corrected chi connectivity index (χ1v) is 8.31. The van der Waals surface area contributed by atoms with Crippen molar-refractivity contribution >= 4 is 21.7 Å². The largest absolute Gasteiger partial charge is 0.357 e. The van der Waals surface area contributed by atoms with Crippen LogP contribution in [0.4, 0.5) is 5.82 Å². The van der Waals surface area contributed by atoms with E-state index >= 15 is 0 Å². The summed E-state index contributed by atoms with van der Waals surface area (Å²) in [7, 11) is 0. The van der Waals surface area contributed by atoms with E-state index in [1.54, 1.807) is 0 Å².